The highest BCUT2D eigenvalue weighted by Crippen LogP contribution is 2.05. The van der Waals surface area contributed by atoms with E-state index >= 15 is 0 Å². The topological polar surface area (TPSA) is 17.1 Å². The number of carbonyl (C=O) groups excluding carboxylic acids is 1. The second kappa shape index (κ2) is 4.63. The molecule has 0 atom stereocenters. The van der Waals surface area contributed by atoms with Crippen molar-refractivity contribution in [2.24, 2.45) is 0 Å². The van der Waals surface area contributed by atoms with E-state index in [4.69, 9.17) is 0 Å². The van der Waals surface area contributed by atoms with E-state index in [1.807, 2.05) is 24.3 Å². The zero-order valence-corrected chi connectivity index (χ0v) is 7.34. The lowest BCUT2D eigenvalue weighted by Crippen LogP contribution is -1.79. The Labute approximate surface area is 77.2 Å². The quantitative estimate of drug-likeness (QED) is 0.391. The zero-order chi connectivity index (χ0) is 8.81. The van der Waals surface area contributed by atoms with Gasteiger partial charge in [0.2, 0.25) is 0 Å². The molecule has 0 N–H and O–H groups in total. The van der Waals surface area contributed by atoms with E-state index in [2.05, 4.69) is 24.5 Å². The fourth-order valence-corrected chi connectivity index (χ4v) is 1.06. The summed E-state index contributed by atoms with van der Waals surface area (Å²) in [6.45, 7) is 0. The molecule has 2 heteroatoms. The summed E-state index contributed by atoms with van der Waals surface area (Å²) in [6.07, 6.45) is 0.591. The number of carbonyl (C=O) groups is 1. The van der Waals surface area contributed by atoms with Crippen molar-refractivity contribution >= 4 is 18.9 Å². The van der Waals surface area contributed by atoms with E-state index in [0.717, 1.165) is 11.1 Å². The van der Waals surface area contributed by atoms with Gasteiger partial charge in [0, 0.05) is 11.3 Å². The Balaban J connectivity index is 2.93. The molecule has 0 bridgehead atoms. The van der Waals surface area contributed by atoms with Crippen LogP contribution in [0.5, 0.6) is 0 Å². The number of thiol groups is 1. The Bertz CT molecular complexity index is 333. The molecule has 0 fully saturated rings. The van der Waals surface area contributed by atoms with Crippen molar-refractivity contribution in [1.82, 2.24) is 0 Å². The Kier molecular flexibility index (Phi) is 3.43. The molecule has 0 amide bonds. The van der Waals surface area contributed by atoms with Gasteiger partial charge in [0.25, 0.3) is 0 Å². The molecule has 1 aromatic rings. The molecule has 0 saturated heterocycles. The van der Waals surface area contributed by atoms with Crippen LogP contribution in [0.1, 0.15) is 11.1 Å². The van der Waals surface area contributed by atoms with Gasteiger partial charge in [0.15, 0.2) is 6.29 Å². The van der Waals surface area contributed by atoms with Crippen molar-refractivity contribution in [2.75, 3.05) is 0 Å². The molecule has 1 rings (SSSR count). The third kappa shape index (κ3) is 2.44. The average molecular weight is 176 g/mol. The Morgan fingerprint density at radius 2 is 2.33 bits per heavy atom. The maximum Gasteiger partial charge on any atom is 0.193 e. The minimum atomic E-state index is 0.591. The summed E-state index contributed by atoms with van der Waals surface area (Å²) in [7, 11) is 0. The van der Waals surface area contributed by atoms with E-state index in [1.165, 1.54) is 0 Å². The monoisotopic (exact) mass is 176 g/mol. The molecule has 0 aliphatic heterocycles. The van der Waals surface area contributed by atoms with Gasteiger partial charge in [-0.15, -0.1) is 0 Å². The van der Waals surface area contributed by atoms with Crippen molar-refractivity contribution in [3.63, 3.8) is 0 Å². The smallest absolute Gasteiger partial charge is 0.193 e. The molecule has 0 saturated carbocycles. The summed E-state index contributed by atoms with van der Waals surface area (Å²) in [6, 6.07) is 7.66. The molecule has 0 heterocycles. The van der Waals surface area contributed by atoms with Gasteiger partial charge in [-0.2, -0.15) is 12.6 Å². The van der Waals surface area contributed by atoms with Crippen LogP contribution in [-0.4, -0.2) is 6.29 Å². The first kappa shape index (κ1) is 8.89. The van der Waals surface area contributed by atoms with Gasteiger partial charge < -0.3 is 0 Å². The van der Waals surface area contributed by atoms with Crippen LogP contribution >= 0.6 is 12.6 Å². The predicted octanol–water partition coefficient (Wildman–Crippen LogP) is 1.67. The van der Waals surface area contributed by atoms with Gasteiger partial charge in [-0.25, -0.2) is 0 Å². The maximum atomic E-state index is 9.94. The van der Waals surface area contributed by atoms with Gasteiger partial charge >= 0.3 is 0 Å². The number of hydrogen-bond donors (Lipinski definition) is 1. The molecule has 60 valence electrons. The maximum absolute atomic E-state index is 9.94. The fraction of sp³-hybridized carbons (Fsp3) is 0.100. The SMILES string of the molecule is O=CC#Cc1cccc(CS)c1. The zero-order valence-electron chi connectivity index (χ0n) is 6.45. The van der Waals surface area contributed by atoms with E-state index in [0.29, 0.717) is 12.0 Å². The first-order chi connectivity index (χ1) is 5.86. The van der Waals surface area contributed by atoms with Crippen molar-refractivity contribution in [3.05, 3.63) is 35.4 Å². The van der Waals surface area contributed by atoms with E-state index in [1.54, 1.807) is 0 Å². The van der Waals surface area contributed by atoms with Crippen LogP contribution in [0, 0.1) is 11.8 Å². The van der Waals surface area contributed by atoms with Gasteiger partial charge in [-0.05, 0) is 23.6 Å². The lowest BCUT2D eigenvalue weighted by Gasteiger charge is -1.94. The molecule has 1 nitrogen and oxygen atoms in total. The molecular formula is C10H8OS. The number of hydrogen-bond acceptors (Lipinski definition) is 2. The highest BCUT2D eigenvalue weighted by atomic mass is 32.1. The summed E-state index contributed by atoms with van der Waals surface area (Å²) in [5.41, 5.74) is 1.96. The first-order valence-corrected chi connectivity index (χ1v) is 4.15. The second-order valence-corrected chi connectivity index (χ2v) is 2.56. The summed E-state index contributed by atoms with van der Waals surface area (Å²) < 4.78 is 0. The molecule has 0 spiro atoms. The van der Waals surface area contributed by atoms with Gasteiger partial charge in [0.05, 0.1) is 0 Å². The fourth-order valence-electron chi connectivity index (χ4n) is 0.860. The van der Waals surface area contributed by atoms with Crippen LogP contribution in [0.15, 0.2) is 24.3 Å². The van der Waals surface area contributed by atoms with Gasteiger partial charge in [-0.1, -0.05) is 18.1 Å². The number of aldehydes is 1. The summed E-state index contributed by atoms with van der Waals surface area (Å²) in [5, 5.41) is 0. The largest absolute Gasteiger partial charge is 0.289 e. The molecule has 0 aliphatic carbocycles. The van der Waals surface area contributed by atoms with Gasteiger partial charge in [-0.3, -0.25) is 4.79 Å². The normalized spacial score (nSPS) is 8.42. The second-order valence-electron chi connectivity index (χ2n) is 2.25. The van der Waals surface area contributed by atoms with Crippen molar-refractivity contribution in [1.29, 1.82) is 0 Å². The van der Waals surface area contributed by atoms with E-state index in [9.17, 15) is 4.79 Å². The average Bonchev–Trinajstić information content (AvgIpc) is 2.15. The molecule has 12 heavy (non-hydrogen) atoms. The lowest BCUT2D eigenvalue weighted by atomic mass is 10.1. The summed E-state index contributed by atoms with van der Waals surface area (Å²) in [5.74, 6) is 5.77. The first-order valence-electron chi connectivity index (χ1n) is 3.52. The van der Waals surface area contributed by atoms with Crippen LogP contribution in [0.2, 0.25) is 0 Å². The molecule has 1 aromatic carbocycles. The van der Waals surface area contributed by atoms with Crippen LogP contribution in [0.3, 0.4) is 0 Å². The molecule has 0 radical (unpaired) electrons. The molecular weight excluding hydrogens is 168 g/mol. The van der Waals surface area contributed by atoms with E-state index < -0.39 is 0 Å². The van der Waals surface area contributed by atoms with Crippen molar-refractivity contribution < 1.29 is 4.79 Å². The molecule has 0 unspecified atom stereocenters. The van der Waals surface area contributed by atoms with Crippen LogP contribution in [0.25, 0.3) is 0 Å². The van der Waals surface area contributed by atoms with Crippen LogP contribution < -0.4 is 0 Å². The Hall–Kier alpha value is -1.20. The minimum Gasteiger partial charge on any atom is -0.289 e. The third-order valence-electron chi connectivity index (χ3n) is 1.38. The number of benzene rings is 1. The highest BCUT2D eigenvalue weighted by Gasteiger charge is 1.89. The highest BCUT2D eigenvalue weighted by molar-refractivity contribution is 7.79. The minimum absolute atomic E-state index is 0.591. The third-order valence-corrected chi connectivity index (χ3v) is 1.75. The van der Waals surface area contributed by atoms with Gasteiger partial charge in [0.1, 0.15) is 0 Å². The standard InChI is InChI=1S/C10H8OS/c11-6-2-5-9-3-1-4-10(7-9)8-12/h1,3-4,6-7,12H,8H2. The summed E-state index contributed by atoms with van der Waals surface area (Å²) >= 11 is 4.13. The Morgan fingerprint density at radius 1 is 1.50 bits per heavy atom. The predicted molar refractivity (Wildman–Crippen MR) is 52.1 cm³/mol. The van der Waals surface area contributed by atoms with Crippen molar-refractivity contribution in [2.45, 2.75) is 5.75 Å². The number of rotatable bonds is 1. The van der Waals surface area contributed by atoms with Crippen molar-refractivity contribution in [3.8, 4) is 11.8 Å². The summed E-state index contributed by atoms with van der Waals surface area (Å²) in [4.78, 5) is 9.94. The Morgan fingerprint density at radius 3 is 3.00 bits per heavy atom. The molecule has 0 aliphatic rings. The van der Waals surface area contributed by atoms with Crippen LogP contribution in [-0.2, 0) is 10.5 Å². The van der Waals surface area contributed by atoms with E-state index in [-0.39, 0.29) is 0 Å². The van der Waals surface area contributed by atoms with Crippen LogP contribution in [0.4, 0.5) is 0 Å². The molecule has 0 aromatic heterocycles. The lowest BCUT2D eigenvalue weighted by molar-refractivity contribution is -0.103.